The average Bonchev–Trinajstić information content (AvgIpc) is 3.25. The van der Waals surface area contributed by atoms with Crippen molar-refractivity contribution in [2.45, 2.75) is 13.5 Å². The van der Waals surface area contributed by atoms with E-state index in [1.807, 2.05) is 39.2 Å². The quantitative estimate of drug-likeness (QED) is 0.559. The van der Waals surface area contributed by atoms with Gasteiger partial charge in [0.05, 0.1) is 12.7 Å². The van der Waals surface area contributed by atoms with Gasteiger partial charge in [0, 0.05) is 48.0 Å². The van der Waals surface area contributed by atoms with E-state index in [-0.39, 0.29) is 17.6 Å². The lowest BCUT2D eigenvalue weighted by Gasteiger charge is -2.13. The Morgan fingerprint density at radius 2 is 2.00 bits per heavy atom. The molecule has 1 aliphatic rings. The lowest BCUT2D eigenvalue weighted by atomic mass is 10.1. The van der Waals surface area contributed by atoms with E-state index in [4.69, 9.17) is 9.47 Å². The molecule has 0 saturated heterocycles. The first-order valence-electron chi connectivity index (χ1n) is 10.7. The average molecular weight is 449 g/mol. The molecule has 33 heavy (non-hydrogen) atoms. The third kappa shape index (κ3) is 4.29. The predicted molar refractivity (Wildman–Crippen MR) is 129 cm³/mol. The number of allylic oxidation sites excluding steroid dienone is 1. The standard InChI is InChI=1S/C25H28N4O4/c1-15-18(19-13-17(32-5)7-8-21(19)29(15)11-10-28(3)4)14-23-24(30)20-12-16(27-25(31)26-2)6-9-22(20)33-23/h6-9,12-14H,10-11H2,1-5H3,(H2,26,27,31). The Bertz CT molecular complexity index is 1270. The molecule has 8 heteroatoms. The number of ketones is 1. The summed E-state index contributed by atoms with van der Waals surface area (Å²) in [4.78, 5) is 26.9. The molecule has 3 aromatic rings. The number of aromatic nitrogens is 1. The molecule has 2 amide bonds. The van der Waals surface area contributed by atoms with E-state index in [1.54, 1.807) is 31.4 Å². The van der Waals surface area contributed by atoms with Gasteiger partial charge in [-0.3, -0.25) is 4.79 Å². The number of nitrogens with one attached hydrogen (secondary N) is 2. The predicted octanol–water partition coefficient (Wildman–Crippen LogP) is 3.89. The van der Waals surface area contributed by atoms with Gasteiger partial charge in [-0.2, -0.15) is 0 Å². The molecule has 0 bridgehead atoms. The zero-order valence-corrected chi connectivity index (χ0v) is 19.5. The highest BCUT2D eigenvalue weighted by Crippen LogP contribution is 2.36. The largest absolute Gasteiger partial charge is 0.497 e. The molecule has 1 aliphatic heterocycles. The van der Waals surface area contributed by atoms with Crippen molar-refractivity contribution in [1.82, 2.24) is 14.8 Å². The molecule has 0 saturated carbocycles. The summed E-state index contributed by atoms with van der Waals surface area (Å²) in [5.41, 5.74) is 3.97. The van der Waals surface area contributed by atoms with Crippen LogP contribution in [0.4, 0.5) is 10.5 Å². The van der Waals surface area contributed by atoms with Crippen molar-refractivity contribution in [3.8, 4) is 11.5 Å². The van der Waals surface area contributed by atoms with Gasteiger partial charge in [-0.05, 0) is 63.5 Å². The fourth-order valence-corrected chi connectivity index (χ4v) is 3.98. The minimum absolute atomic E-state index is 0.220. The molecule has 0 unspecified atom stereocenters. The van der Waals surface area contributed by atoms with Crippen molar-refractivity contribution in [1.29, 1.82) is 0 Å². The van der Waals surface area contributed by atoms with Crippen LogP contribution in [-0.2, 0) is 6.54 Å². The van der Waals surface area contributed by atoms with Crippen molar-refractivity contribution in [3.05, 3.63) is 59.0 Å². The normalized spacial score (nSPS) is 14.0. The van der Waals surface area contributed by atoms with Crippen LogP contribution >= 0.6 is 0 Å². The molecule has 4 rings (SSSR count). The number of carbonyl (C=O) groups excluding carboxylic acids is 2. The molecule has 172 valence electrons. The van der Waals surface area contributed by atoms with Crippen molar-refractivity contribution in [2.75, 3.05) is 40.1 Å². The second kappa shape index (κ2) is 8.99. The van der Waals surface area contributed by atoms with Crippen LogP contribution in [0.25, 0.3) is 17.0 Å². The number of urea groups is 1. The smallest absolute Gasteiger partial charge is 0.318 e. The van der Waals surface area contributed by atoms with Gasteiger partial charge in [0.1, 0.15) is 11.5 Å². The minimum Gasteiger partial charge on any atom is -0.497 e. The summed E-state index contributed by atoms with van der Waals surface area (Å²) in [7, 11) is 7.26. The first-order valence-corrected chi connectivity index (χ1v) is 10.7. The van der Waals surface area contributed by atoms with Gasteiger partial charge in [0.15, 0.2) is 5.76 Å². The zero-order valence-electron chi connectivity index (χ0n) is 19.5. The summed E-state index contributed by atoms with van der Waals surface area (Å²) >= 11 is 0. The van der Waals surface area contributed by atoms with Gasteiger partial charge < -0.3 is 29.6 Å². The maximum absolute atomic E-state index is 13.1. The number of rotatable bonds is 6. The van der Waals surface area contributed by atoms with Crippen LogP contribution < -0.4 is 20.1 Å². The number of hydrogen-bond acceptors (Lipinski definition) is 5. The molecule has 8 nitrogen and oxygen atoms in total. The lowest BCUT2D eigenvalue weighted by molar-refractivity contribution is 0.101. The number of fused-ring (bicyclic) bond motifs is 2. The molecular weight excluding hydrogens is 420 g/mol. The Morgan fingerprint density at radius 1 is 1.21 bits per heavy atom. The fraction of sp³-hybridized carbons (Fsp3) is 0.280. The molecule has 2 heterocycles. The number of anilines is 1. The number of amides is 2. The number of nitrogens with zero attached hydrogens (tertiary/aromatic N) is 2. The molecule has 1 aromatic heterocycles. The first kappa shape index (κ1) is 22.4. The number of methoxy groups -OCH3 is 1. The number of hydrogen-bond donors (Lipinski definition) is 2. The van der Waals surface area contributed by atoms with Gasteiger partial charge in [-0.25, -0.2) is 4.79 Å². The monoisotopic (exact) mass is 448 g/mol. The molecule has 0 radical (unpaired) electrons. The van der Waals surface area contributed by atoms with E-state index in [0.29, 0.717) is 17.0 Å². The van der Waals surface area contributed by atoms with Crippen molar-refractivity contribution in [3.63, 3.8) is 0 Å². The van der Waals surface area contributed by atoms with Crippen LogP contribution in [0.3, 0.4) is 0 Å². The SMILES string of the molecule is CNC(=O)Nc1ccc2c(c1)C(=O)C(=Cc1c(C)n(CCN(C)C)c3ccc(OC)cc13)O2. The minimum atomic E-state index is -0.354. The zero-order chi connectivity index (χ0) is 23.7. The van der Waals surface area contributed by atoms with E-state index in [1.165, 1.54) is 7.05 Å². The molecule has 0 atom stereocenters. The van der Waals surface area contributed by atoms with Crippen LogP contribution in [0.5, 0.6) is 11.5 Å². The van der Waals surface area contributed by atoms with E-state index < -0.39 is 0 Å². The van der Waals surface area contributed by atoms with Gasteiger partial charge in [0.25, 0.3) is 0 Å². The summed E-state index contributed by atoms with van der Waals surface area (Å²) in [6.07, 6.45) is 1.80. The van der Waals surface area contributed by atoms with Crippen LogP contribution in [-0.4, -0.2) is 56.1 Å². The fourth-order valence-electron chi connectivity index (χ4n) is 3.98. The van der Waals surface area contributed by atoms with E-state index >= 15 is 0 Å². The van der Waals surface area contributed by atoms with Gasteiger partial charge in [0.2, 0.25) is 5.78 Å². The van der Waals surface area contributed by atoms with Crippen molar-refractivity contribution in [2.24, 2.45) is 0 Å². The van der Waals surface area contributed by atoms with E-state index in [9.17, 15) is 9.59 Å². The first-order chi connectivity index (χ1) is 15.8. The van der Waals surface area contributed by atoms with Crippen LogP contribution in [0.2, 0.25) is 0 Å². The third-order valence-corrected chi connectivity index (χ3v) is 5.78. The van der Waals surface area contributed by atoms with Crippen molar-refractivity contribution < 1.29 is 19.1 Å². The second-order valence-electron chi connectivity index (χ2n) is 8.19. The molecule has 0 aliphatic carbocycles. The Balaban J connectivity index is 1.75. The highest BCUT2D eigenvalue weighted by Gasteiger charge is 2.29. The van der Waals surface area contributed by atoms with Crippen LogP contribution in [0, 0.1) is 6.92 Å². The highest BCUT2D eigenvalue weighted by molar-refractivity contribution is 6.16. The number of Topliss-reactive ketones (excluding diaryl/α,β-unsaturated/α-hetero) is 1. The van der Waals surface area contributed by atoms with Gasteiger partial charge in [-0.15, -0.1) is 0 Å². The van der Waals surface area contributed by atoms with Gasteiger partial charge in [-0.1, -0.05) is 0 Å². The molecular formula is C25H28N4O4. The third-order valence-electron chi connectivity index (χ3n) is 5.78. The topological polar surface area (TPSA) is 84.8 Å². The lowest BCUT2D eigenvalue weighted by Crippen LogP contribution is -2.24. The number of likely N-dealkylation sites (N-methyl/N-ethyl adjacent to an activating group) is 1. The van der Waals surface area contributed by atoms with Crippen LogP contribution in [0.1, 0.15) is 21.6 Å². The molecule has 2 N–H and O–H groups in total. The van der Waals surface area contributed by atoms with Gasteiger partial charge >= 0.3 is 6.03 Å². The number of carbonyl (C=O) groups is 2. The van der Waals surface area contributed by atoms with Crippen LogP contribution in [0.15, 0.2) is 42.2 Å². The van der Waals surface area contributed by atoms with E-state index in [0.717, 1.165) is 41.0 Å². The Morgan fingerprint density at radius 3 is 2.70 bits per heavy atom. The number of benzene rings is 2. The summed E-state index contributed by atoms with van der Waals surface area (Å²) in [5, 5.41) is 6.17. The molecule has 2 aromatic carbocycles. The Hall–Kier alpha value is -3.78. The molecule has 0 fully saturated rings. The highest BCUT2D eigenvalue weighted by atomic mass is 16.5. The molecule has 0 spiro atoms. The summed E-state index contributed by atoms with van der Waals surface area (Å²) < 4.78 is 13.6. The maximum Gasteiger partial charge on any atom is 0.318 e. The Labute approximate surface area is 192 Å². The summed E-state index contributed by atoms with van der Waals surface area (Å²) in [6.45, 7) is 3.75. The summed E-state index contributed by atoms with van der Waals surface area (Å²) in [5.74, 6) is 1.25. The van der Waals surface area contributed by atoms with Crippen molar-refractivity contribution >= 4 is 34.5 Å². The maximum atomic E-state index is 13.1. The number of ether oxygens (including phenoxy) is 2. The Kier molecular flexibility index (Phi) is 6.11. The van der Waals surface area contributed by atoms with E-state index in [2.05, 4.69) is 20.1 Å². The second-order valence-corrected chi connectivity index (χ2v) is 8.19. The summed E-state index contributed by atoms with van der Waals surface area (Å²) in [6, 6.07) is 10.6.